The number of primary amides is 1. The number of aromatic nitrogens is 2. The smallest absolute Gasteiger partial charge is 0.409 e. The fourth-order valence-corrected chi connectivity index (χ4v) is 3.52. The molecule has 1 aromatic heterocycles. The molecule has 170 valence electrons. The second-order valence-corrected chi connectivity index (χ2v) is 7.56. The fourth-order valence-electron chi connectivity index (χ4n) is 3.52. The van der Waals surface area contributed by atoms with Crippen LogP contribution in [0.15, 0.2) is 24.4 Å². The number of rotatable bonds is 8. The second kappa shape index (κ2) is 10.6. The van der Waals surface area contributed by atoms with Crippen molar-refractivity contribution in [3.05, 3.63) is 47.0 Å². The molecule has 1 aliphatic rings. The van der Waals surface area contributed by atoms with E-state index in [1.54, 1.807) is 9.58 Å². The minimum Gasteiger partial charge on any atom is -0.486 e. The van der Waals surface area contributed by atoms with Crippen molar-refractivity contribution in [2.45, 2.75) is 45.3 Å². The molecule has 0 saturated carbocycles. The first-order valence-electron chi connectivity index (χ1n) is 10.5. The number of hydrogen-bond donors (Lipinski definition) is 1. The lowest BCUT2D eigenvalue weighted by molar-refractivity contribution is 0.0863. The SMILES string of the molecule is CCCCOC(=O)N1CCC(n2ncc(COc3ccc(C(N)=O)cc3F)c2C#N)CC1. The van der Waals surface area contributed by atoms with Gasteiger partial charge in [0.15, 0.2) is 11.6 Å². The standard InChI is InChI=1S/C22H26FN5O4/c1-2-3-10-31-22(30)27-8-6-17(7-9-27)28-19(12-24)16(13-26-28)14-32-20-5-4-15(21(25)29)11-18(20)23/h4-5,11,13,17H,2-3,6-10,14H2,1H3,(H2,25,29). The summed E-state index contributed by atoms with van der Waals surface area (Å²) in [7, 11) is 0. The number of likely N-dealkylation sites (tertiary alicyclic amines) is 1. The maximum absolute atomic E-state index is 14.1. The van der Waals surface area contributed by atoms with Crippen LogP contribution in [0.1, 0.15) is 60.3 Å². The van der Waals surface area contributed by atoms with Crippen LogP contribution in [0.3, 0.4) is 0 Å². The summed E-state index contributed by atoms with van der Waals surface area (Å²) in [5, 5.41) is 14.0. The van der Waals surface area contributed by atoms with Crippen LogP contribution in [0.25, 0.3) is 0 Å². The van der Waals surface area contributed by atoms with Crippen LogP contribution in [0.4, 0.5) is 9.18 Å². The predicted molar refractivity (Wildman–Crippen MR) is 112 cm³/mol. The Kier molecular flexibility index (Phi) is 7.65. The molecule has 2 N–H and O–H groups in total. The highest BCUT2D eigenvalue weighted by Crippen LogP contribution is 2.26. The van der Waals surface area contributed by atoms with E-state index in [2.05, 4.69) is 11.2 Å². The zero-order valence-corrected chi connectivity index (χ0v) is 17.9. The number of carbonyl (C=O) groups excluding carboxylic acids is 2. The van der Waals surface area contributed by atoms with Crippen molar-refractivity contribution in [1.82, 2.24) is 14.7 Å². The molecule has 0 unspecified atom stereocenters. The topological polar surface area (TPSA) is 123 Å². The summed E-state index contributed by atoms with van der Waals surface area (Å²) < 4.78 is 26.5. The summed E-state index contributed by atoms with van der Waals surface area (Å²) >= 11 is 0. The number of hydrogen-bond acceptors (Lipinski definition) is 6. The van der Waals surface area contributed by atoms with Gasteiger partial charge in [0, 0.05) is 24.2 Å². The lowest BCUT2D eigenvalue weighted by atomic mass is 10.1. The van der Waals surface area contributed by atoms with Crippen molar-refractivity contribution >= 4 is 12.0 Å². The van der Waals surface area contributed by atoms with Gasteiger partial charge < -0.3 is 20.1 Å². The van der Waals surface area contributed by atoms with E-state index in [1.165, 1.54) is 18.3 Å². The van der Waals surface area contributed by atoms with Crippen molar-refractivity contribution in [2.75, 3.05) is 19.7 Å². The number of amides is 2. The molecule has 0 bridgehead atoms. The van der Waals surface area contributed by atoms with E-state index in [0.29, 0.717) is 43.8 Å². The van der Waals surface area contributed by atoms with Crippen molar-refractivity contribution < 1.29 is 23.5 Å². The summed E-state index contributed by atoms with van der Waals surface area (Å²) in [4.78, 5) is 24.9. The predicted octanol–water partition coefficient (Wildman–Crippen LogP) is 3.15. The lowest BCUT2D eigenvalue weighted by Gasteiger charge is -2.31. The minimum absolute atomic E-state index is 0.0373. The number of carbonyl (C=O) groups is 2. The van der Waals surface area contributed by atoms with Crippen LogP contribution >= 0.6 is 0 Å². The zero-order valence-electron chi connectivity index (χ0n) is 17.9. The van der Waals surface area contributed by atoms with Crippen LogP contribution < -0.4 is 10.5 Å². The monoisotopic (exact) mass is 443 g/mol. The quantitative estimate of drug-likeness (QED) is 0.625. The average Bonchev–Trinajstić information content (AvgIpc) is 3.21. The third-order valence-corrected chi connectivity index (χ3v) is 5.37. The number of benzene rings is 1. The van der Waals surface area contributed by atoms with Gasteiger partial charge in [-0.2, -0.15) is 10.4 Å². The maximum atomic E-state index is 14.1. The Hall–Kier alpha value is -3.61. The number of nitrogens with two attached hydrogens (primary N) is 1. The van der Waals surface area contributed by atoms with Crippen molar-refractivity contribution in [3.8, 4) is 11.8 Å². The summed E-state index contributed by atoms with van der Waals surface area (Å²) in [5.74, 6) is -1.50. The van der Waals surface area contributed by atoms with Crippen LogP contribution in [0, 0.1) is 17.1 Å². The Morgan fingerprint density at radius 1 is 1.34 bits per heavy atom. The number of nitriles is 1. The van der Waals surface area contributed by atoms with E-state index >= 15 is 0 Å². The molecule has 0 spiro atoms. The van der Waals surface area contributed by atoms with Gasteiger partial charge in [-0.3, -0.25) is 9.48 Å². The molecule has 1 saturated heterocycles. The molecule has 2 aromatic rings. The normalized spacial score (nSPS) is 14.1. The average molecular weight is 443 g/mol. The molecule has 1 fully saturated rings. The van der Waals surface area contributed by atoms with Gasteiger partial charge in [-0.15, -0.1) is 0 Å². The molecule has 2 heterocycles. The summed E-state index contributed by atoms with van der Waals surface area (Å²) in [5.41, 5.74) is 6.04. The molecule has 32 heavy (non-hydrogen) atoms. The van der Waals surface area contributed by atoms with Crippen LogP contribution in [-0.4, -0.2) is 46.4 Å². The van der Waals surface area contributed by atoms with Gasteiger partial charge >= 0.3 is 6.09 Å². The molecular weight excluding hydrogens is 417 g/mol. The number of piperidine rings is 1. The molecular formula is C22H26FN5O4. The number of unbranched alkanes of at least 4 members (excludes halogenated alkanes) is 1. The minimum atomic E-state index is -0.733. The summed E-state index contributed by atoms with van der Waals surface area (Å²) in [6.07, 6.45) is 4.30. The van der Waals surface area contributed by atoms with Gasteiger partial charge in [0.05, 0.1) is 18.8 Å². The van der Waals surface area contributed by atoms with Gasteiger partial charge in [-0.1, -0.05) is 13.3 Å². The first-order chi connectivity index (χ1) is 15.4. The molecule has 1 aliphatic heterocycles. The molecule has 10 heteroatoms. The van der Waals surface area contributed by atoms with Gasteiger partial charge in [-0.05, 0) is 37.5 Å². The Balaban J connectivity index is 1.60. The Bertz CT molecular complexity index is 1010. The van der Waals surface area contributed by atoms with Gasteiger partial charge in [0.2, 0.25) is 5.91 Å². The first kappa shape index (κ1) is 23.1. The maximum Gasteiger partial charge on any atom is 0.409 e. The van der Waals surface area contributed by atoms with E-state index in [4.69, 9.17) is 15.2 Å². The van der Waals surface area contributed by atoms with Crippen LogP contribution in [0.2, 0.25) is 0 Å². The van der Waals surface area contributed by atoms with Gasteiger partial charge in [-0.25, -0.2) is 9.18 Å². The van der Waals surface area contributed by atoms with Crippen LogP contribution in [0.5, 0.6) is 5.75 Å². The fraction of sp³-hybridized carbons (Fsp3) is 0.455. The van der Waals surface area contributed by atoms with E-state index in [-0.39, 0.29) is 30.1 Å². The van der Waals surface area contributed by atoms with Gasteiger partial charge in [0.25, 0.3) is 0 Å². The largest absolute Gasteiger partial charge is 0.486 e. The second-order valence-electron chi connectivity index (χ2n) is 7.56. The summed E-state index contributed by atoms with van der Waals surface area (Å²) in [6, 6.07) is 5.81. The molecule has 3 rings (SSSR count). The highest BCUT2D eigenvalue weighted by atomic mass is 19.1. The third-order valence-electron chi connectivity index (χ3n) is 5.37. The summed E-state index contributed by atoms with van der Waals surface area (Å²) in [6.45, 7) is 3.43. The lowest BCUT2D eigenvalue weighted by Crippen LogP contribution is -2.39. The van der Waals surface area contributed by atoms with E-state index in [0.717, 1.165) is 18.9 Å². The van der Waals surface area contributed by atoms with E-state index < -0.39 is 11.7 Å². The Labute approximate surface area is 185 Å². The van der Waals surface area contributed by atoms with Crippen molar-refractivity contribution in [1.29, 1.82) is 5.26 Å². The van der Waals surface area contributed by atoms with Gasteiger partial charge in [0.1, 0.15) is 18.4 Å². The Morgan fingerprint density at radius 2 is 2.09 bits per heavy atom. The Morgan fingerprint density at radius 3 is 2.72 bits per heavy atom. The van der Waals surface area contributed by atoms with E-state index in [1.807, 2.05) is 6.92 Å². The zero-order chi connectivity index (χ0) is 23.1. The molecule has 0 aliphatic carbocycles. The highest BCUT2D eigenvalue weighted by molar-refractivity contribution is 5.92. The molecule has 9 nitrogen and oxygen atoms in total. The molecule has 1 aromatic carbocycles. The molecule has 2 amide bonds. The molecule has 0 atom stereocenters. The highest BCUT2D eigenvalue weighted by Gasteiger charge is 2.27. The number of ether oxygens (including phenoxy) is 2. The third kappa shape index (κ3) is 5.35. The van der Waals surface area contributed by atoms with Crippen molar-refractivity contribution in [2.24, 2.45) is 5.73 Å². The van der Waals surface area contributed by atoms with Crippen molar-refractivity contribution in [3.63, 3.8) is 0 Å². The number of nitrogens with zero attached hydrogens (tertiary/aromatic N) is 4. The first-order valence-corrected chi connectivity index (χ1v) is 10.5. The van der Waals surface area contributed by atoms with Crippen LogP contribution in [-0.2, 0) is 11.3 Å². The van der Waals surface area contributed by atoms with E-state index in [9.17, 15) is 19.2 Å². The number of halogens is 1. The molecule has 0 radical (unpaired) electrons.